The summed E-state index contributed by atoms with van der Waals surface area (Å²) in [5, 5.41) is 3.46. The molecule has 1 nitrogen and oxygen atoms in total. The van der Waals surface area contributed by atoms with Gasteiger partial charge in [-0.15, -0.1) is 23.5 Å². The van der Waals surface area contributed by atoms with Gasteiger partial charge in [0.05, 0.1) is 5.56 Å². The molecule has 1 N–H and O–H groups in total. The van der Waals surface area contributed by atoms with Crippen LogP contribution in [0.5, 0.6) is 0 Å². The van der Waals surface area contributed by atoms with Crippen LogP contribution in [0.1, 0.15) is 30.4 Å². The van der Waals surface area contributed by atoms with Gasteiger partial charge >= 0.3 is 6.18 Å². The van der Waals surface area contributed by atoms with Crippen LogP contribution in [0.2, 0.25) is 0 Å². The van der Waals surface area contributed by atoms with Crippen molar-refractivity contribution in [2.45, 2.75) is 47.7 Å². The molecule has 1 aliphatic heterocycles. The van der Waals surface area contributed by atoms with Crippen molar-refractivity contribution in [2.24, 2.45) is 0 Å². The summed E-state index contributed by atoms with van der Waals surface area (Å²) in [5.74, 6) is 0. The Balaban J connectivity index is 2.31. The first-order chi connectivity index (χ1) is 9.95. The van der Waals surface area contributed by atoms with Gasteiger partial charge in [-0.1, -0.05) is 6.42 Å². The maximum atomic E-state index is 13.1. The lowest BCUT2D eigenvalue weighted by Crippen LogP contribution is -2.35. The van der Waals surface area contributed by atoms with E-state index in [-0.39, 0.29) is 0 Å². The number of piperidine rings is 1. The smallest absolute Gasteiger partial charge is 0.314 e. The third-order valence-electron chi connectivity index (χ3n) is 3.79. The van der Waals surface area contributed by atoms with Gasteiger partial charge in [-0.25, -0.2) is 0 Å². The minimum absolute atomic E-state index is 0.325. The molecule has 1 atom stereocenters. The fraction of sp³-hybridized carbons (Fsp3) is 0.600. The van der Waals surface area contributed by atoms with Crippen molar-refractivity contribution in [3.63, 3.8) is 0 Å². The predicted octanol–water partition coefficient (Wildman–Crippen LogP) is 4.83. The molecule has 118 valence electrons. The number of halogens is 3. The summed E-state index contributed by atoms with van der Waals surface area (Å²) in [6.07, 6.45) is 3.55. The highest BCUT2D eigenvalue weighted by atomic mass is 32.2. The molecule has 1 aliphatic rings. The number of rotatable bonds is 4. The maximum Gasteiger partial charge on any atom is 0.417 e. The molecule has 2 rings (SSSR count). The molecule has 21 heavy (non-hydrogen) atoms. The molecule has 1 aromatic carbocycles. The van der Waals surface area contributed by atoms with Crippen molar-refractivity contribution in [3.8, 4) is 0 Å². The lowest BCUT2D eigenvalue weighted by molar-refractivity contribution is -0.139. The molecule has 1 unspecified atom stereocenters. The quantitative estimate of drug-likeness (QED) is 0.791. The van der Waals surface area contributed by atoms with Crippen LogP contribution in [0, 0.1) is 0 Å². The number of benzene rings is 1. The Morgan fingerprint density at radius 2 is 1.86 bits per heavy atom. The number of hydrogen-bond donors (Lipinski definition) is 1. The summed E-state index contributed by atoms with van der Waals surface area (Å²) >= 11 is 2.56. The Morgan fingerprint density at radius 1 is 1.14 bits per heavy atom. The zero-order valence-electron chi connectivity index (χ0n) is 12.2. The van der Waals surface area contributed by atoms with E-state index in [0.29, 0.717) is 10.9 Å². The van der Waals surface area contributed by atoms with Crippen molar-refractivity contribution in [2.75, 3.05) is 19.1 Å². The number of thioether (sulfide) groups is 2. The predicted molar refractivity (Wildman–Crippen MR) is 84.4 cm³/mol. The Morgan fingerprint density at radius 3 is 2.38 bits per heavy atom. The first kappa shape index (κ1) is 17.0. The monoisotopic (exact) mass is 335 g/mol. The maximum absolute atomic E-state index is 13.1. The fourth-order valence-corrected chi connectivity index (χ4v) is 4.00. The van der Waals surface area contributed by atoms with Crippen LogP contribution < -0.4 is 5.32 Å². The van der Waals surface area contributed by atoms with Crippen LogP contribution in [0.15, 0.2) is 21.9 Å². The average molecular weight is 335 g/mol. The zero-order valence-corrected chi connectivity index (χ0v) is 13.9. The number of alkyl halides is 3. The highest BCUT2D eigenvalue weighted by Gasteiger charge is 2.34. The second-order valence-electron chi connectivity index (χ2n) is 5.21. The summed E-state index contributed by atoms with van der Waals surface area (Å²) in [6, 6.07) is 3.43. The molecule has 0 saturated carbocycles. The molecule has 0 aromatic heterocycles. The Kier molecular flexibility index (Phi) is 5.91. The largest absolute Gasteiger partial charge is 0.417 e. The van der Waals surface area contributed by atoms with Crippen LogP contribution in [0.3, 0.4) is 0 Å². The van der Waals surface area contributed by atoms with Gasteiger partial charge in [0.1, 0.15) is 0 Å². The van der Waals surface area contributed by atoms with Crippen molar-refractivity contribution in [1.82, 2.24) is 5.32 Å². The number of nitrogens with one attached hydrogen (secondary N) is 1. The normalized spacial score (nSPS) is 19.8. The minimum Gasteiger partial charge on any atom is -0.314 e. The van der Waals surface area contributed by atoms with Crippen molar-refractivity contribution in [3.05, 3.63) is 23.3 Å². The fourth-order valence-electron chi connectivity index (χ4n) is 2.71. The van der Waals surface area contributed by atoms with E-state index in [4.69, 9.17) is 0 Å². The van der Waals surface area contributed by atoms with Crippen molar-refractivity contribution in [1.29, 1.82) is 0 Å². The summed E-state index contributed by atoms with van der Waals surface area (Å²) in [7, 11) is 0. The first-order valence-corrected chi connectivity index (χ1v) is 9.46. The molecule has 0 amide bonds. The third-order valence-corrected chi connectivity index (χ3v) is 5.38. The standard InChI is InChI=1S/C15H20F3NS2/c1-20-13-9-12(15(16,17)18)14(21-2)8-10(13)7-11-5-3-4-6-19-11/h8-9,11,19H,3-7H2,1-2H3. The molecule has 0 bridgehead atoms. The van der Waals surface area contributed by atoms with E-state index in [1.807, 2.05) is 6.26 Å². The summed E-state index contributed by atoms with van der Waals surface area (Å²) in [4.78, 5) is 1.07. The third kappa shape index (κ3) is 4.33. The van der Waals surface area contributed by atoms with Crippen LogP contribution in [-0.2, 0) is 12.6 Å². The molecule has 1 saturated heterocycles. The van der Waals surface area contributed by atoms with E-state index in [2.05, 4.69) is 5.32 Å². The van der Waals surface area contributed by atoms with Gasteiger partial charge < -0.3 is 5.32 Å². The molecular weight excluding hydrogens is 315 g/mol. The SMILES string of the molecule is CSc1cc(C(F)(F)F)c(SC)cc1CC1CCCCN1. The van der Waals surface area contributed by atoms with Crippen molar-refractivity contribution < 1.29 is 13.2 Å². The molecule has 0 radical (unpaired) electrons. The number of hydrogen-bond acceptors (Lipinski definition) is 3. The van der Waals surface area contributed by atoms with Crippen LogP contribution in [0.4, 0.5) is 13.2 Å². The van der Waals surface area contributed by atoms with E-state index >= 15 is 0 Å². The van der Waals surface area contributed by atoms with Crippen LogP contribution >= 0.6 is 23.5 Å². The van der Waals surface area contributed by atoms with Gasteiger partial charge in [-0.05, 0) is 56.0 Å². The summed E-state index contributed by atoms with van der Waals surface area (Å²) in [5.41, 5.74) is 0.513. The second kappa shape index (κ2) is 7.29. The van der Waals surface area contributed by atoms with E-state index in [1.54, 1.807) is 12.3 Å². The van der Waals surface area contributed by atoms with E-state index in [9.17, 15) is 13.2 Å². The van der Waals surface area contributed by atoms with Gasteiger partial charge in [-0.2, -0.15) is 13.2 Å². The Labute approximate surface area is 132 Å². The van der Waals surface area contributed by atoms with E-state index in [1.165, 1.54) is 42.4 Å². The van der Waals surface area contributed by atoms with Gasteiger partial charge in [0.2, 0.25) is 0 Å². The lowest BCUT2D eigenvalue weighted by Gasteiger charge is -2.25. The van der Waals surface area contributed by atoms with Crippen molar-refractivity contribution >= 4 is 23.5 Å². The van der Waals surface area contributed by atoms with Gasteiger partial charge in [-0.3, -0.25) is 0 Å². The zero-order chi connectivity index (χ0) is 15.5. The summed E-state index contributed by atoms with van der Waals surface area (Å²) in [6.45, 7) is 1.01. The second-order valence-corrected chi connectivity index (χ2v) is 6.91. The minimum atomic E-state index is -4.29. The highest BCUT2D eigenvalue weighted by molar-refractivity contribution is 7.99. The Hall–Kier alpha value is -0.330. The van der Waals surface area contributed by atoms with E-state index < -0.39 is 11.7 Å². The lowest BCUT2D eigenvalue weighted by atomic mass is 9.97. The molecule has 1 heterocycles. The van der Waals surface area contributed by atoms with Crippen LogP contribution in [0.25, 0.3) is 0 Å². The van der Waals surface area contributed by atoms with E-state index in [0.717, 1.165) is 29.8 Å². The first-order valence-electron chi connectivity index (χ1n) is 7.01. The van der Waals surface area contributed by atoms with Gasteiger partial charge in [0, 0.05) is 15.8 Å². The molecule has 1 aromatic rings. The molecule has 1 fully saturated rings. The topological polar surface area (TPSA) is 12.0 Å². The highest BCUT2D eigenvalue weighted by Crippen LogP contribution is 2.40. The molecular formula is C15H20F3NS2. The molecule has 6 heteroatoms. The Bertz CT molecular complexity index is 483. The van der Waals surface area contributed by atoms with Crippen LogP contribution in [-0.4, -0.2) is 25.1 Å². The van der Waals surface area contributed by atoms with Gasteiger partial charge in [0.25, 0.3) is 0 Å². The molecule has 0 aliphatic carbocycles. The van der Waals surface area contributed by atoms with Gasteiger partial charge in [0.15, 0.2) is 0 Å². The summed E-state index contributed by atoms with van der Waals surface area (Å²) < 4.78 is 39.3. The average Bonchev–Trinajstić information content (AvgIpc) is 2.46. The molecule has 0 spiro atoms.